The van der Waals surface area contributed by atoms with E-state index in [4.69, 9.17) is 5.73 Å². The van der Waals surface area contributed by atoms with Gasteiger partial charge in [0, 0.05) is 0 Å². The monoisotopic (exact) mass is 714 g/mol. The third-order valence-corrected chi connectivity index (χ3v) is 8.53. The predicted molar refractivity (Wildman–Crippen MR) is 159 cm³/mol. The molecule has 14 N–H and O–H groups in total. The number of thioether (sulfide) groups is 1. The zero-order valence-electron chi connectivity index (χ0n) is 24.7. The number of benzene rings is 1. The van der Waals surface area contributed by atoms with Crippen LogP contribution in [-0.4, -0.2) is 149 Å². The number of aromatic hydroxyl groups is 1. The van der Waals surface area contributed by atoms with E-state index < -0.39 is 106 Å². The number of nitrogens with two attached hydrogens (primary N) is 1. The maximum atomic E-state index is 13.2. The second-order valence-electron chi connectivity index (χ2n) is 10.4. The number of hydrogen-bond acceptors (Lipinski definition) is 16. The summed E-state index contributed by atoms with van der Waals surface area (Å²) in [5.74, 6) is -4.51. The van der Waals surface area contributed by atoms with Gasteiger partial charge in [-0.05, 0) is 36.1 Å². The maximum Gasteiger partial charge on any atom is 0.472 e. The molecule has 1 aromatic rings. The third kappa shape index (κ3) is 11.3. The fraction of sp³-hybridized carbons (Fsp3) is 0.600. The highest BCUT2D eigenvalue weighted by atomic mass is 32.2. The second-order valence-corrected chi connectivity index (χ2v) is 12.7. The molecule has 1 saturated carbocycles. The van der Waals surface area contributed by atoms with Crippen LogP contribution < -0.4 is 21.7 Å². The summed E-state index contributed by atoms with van der Waals surface area (Å²) in [6, 6.07) is -1.73. The van der Waals surface area contributed by atoms with Gasteiger partial charge in [-0.1, -0.05) is 12.1 Å². The summed E-state index contributed by atoms with van der Waals surface area (Å²) in [6.45, 7) is -2.05. The van der Waals surface area contributed by atoms with Crippen molar-refractivity contribution < 1.29 is 78.5 Å². The minimum Gasteiger partial charge on any atom is -0.508 e. The highest BCUT2D eigenvalue weighted by Gasteiger charge is 2.51. The average Bonchev–Trinajstić information content (AvgIpc) is 3.03. The summed E-state index contributed by atoms with van der Waals surface area (Å²) in [5, 5.41) is 84.6. The molecule has 0 heterocycles. The molecular weight excluding hydrogens is 675 g/mol. The Morgan fingerprint density at radius 1 is 0.894 bits per heavy atom. The first kappa shape index (κ1) is 40.3. The van der Waals surface area contributed by atoms with Crippen LogP contribution in [0.15, 0.2) is 24.3 Å². The number of carbonyl (C=O) groups is 4. The largest absolute Gasteiger partial charge is 0.508 e. The SMILES string of the molecule is CSCC[C@H](NC(=O)[C@H](CO)NC(=O)[C@@H](NC(=O)[C@@H](N)COP(=O)(O)OC1[C@H](O)[C@H](O)C(O)[C@H](O)[C@H]1O)c1ccc(O)cc1)C(=O)O. The lowest BCUT2D eigenvalue weighted by Gasteiger charge is -2.41. The number of aliphatic carboxylic acids is 1. The molecular formula is C25H39N4O16PS. The third-order valence-electron chi connectivity index (χ3n) is 6.90. The summed E-state index contributed by atoms with van der Waals surface area (Å²) >= 11 is 1.33. The molecule has 0 radical (unpaired) electrons. The molecule has 2 rings (SSSR count). The number of aliphatic hydroxyl groups is 6. The molecule has 3 amide bonds. The van der Waals surface area contributed by atoms with Crippen molar-refractivity contribution >= 4 is 43.3 Å². The second kappa shape index (κ2) is 18.0. The Bertz CT molecular complexity index is 1260. The first-order chi connectivity index (χ1) is 21.9. The van der Waals surface area contributed by atoms with Gasteiger partial charge in [-0.3, -0.25) is 23.4 Å². The van der Waals surface area contributed by atoms with E-state index >= 15 is 0 Å². The average molecular weight is 715 g/mol. The maximum absolute atomic E-state index is 13.2. The minimum atomic E-state index is -5.29. The molecule has 1 aromatic carbocycles. The number of rotatable bonds is 17. The summed E-state index contributed by atoms with van der Waals surface area (Å²) < 4.78 is 21.8. The summed E-state index contributed by atoms with van der Waals surface area (Å²) in [6.07, 6.45) is -10.8. The van der Waals surface area contributed by atoms with Crippen molar-refractivity contribution in [1.82, 2.24) is 16.0 Å². The van der Waals surface area contributed by atoms with Gasteiger partial charge in [-0.2, -0.15) is 11.8 Å². The van der Waals surface area contributed by atoms with Crippen LogP contribution in [0.4, 0.5) is 0 Å². The Kier molecular flexibility index (Phi) is 15.4. The van der Waals surface area contributed by atoms with E-state index in [9.17, 15) is 69.5 Å². The lowest BCUT2D eigenvalue weighted by atomic mass is 9.85. The molecule has 266 valence electrons. The number of nitrogens with one attached hydrogen (secondary N) is 3. The molecule has 0 aliphatic heterocycles. The number of aliphatic hydroxyl groups excluding tert-OH is 6. The number of carboxylic acid groups (broad SMARTS) is 1. The summed E-state index contributed by atoms with van der Waals surface area (Å²) in [4.78, 5) is 60.4. The van der Waals surface area contributed by atoms with Gasteiger partial charge in [0.2, 0.25) is 17.7 Å². The minimum absolute atomic E-state index is 0.0259. The Hall–Kier alpha value is -2.92. The van der Waals surface area contributed by atoms with Crippen molar-refractivity contribution in [3.8, 4) is 5.75 Å². The fourth-order valence-electron chi connectivity index (χ4n) is 4.19. The number of phenolic OH excluding ortho intramolecular Hbond substituents is 1. The Labute approximate surface area is 271 Å². The number of phosphoric ester groups is 1. The van der Waals surface area contributed by atoms with E-state index in [-0.39, 0.29) is 17.7 Å². The van der Waals surface area contributed by atoms with E-state index in [0.717, 1.165) is 12.1 Å². The molecule has 0 aromatic heterocycles. The molecule has 0 bridgehead atoms. The number of hydrogen-bond donors (Lipinski definition) is 13. The zero-order valence-corrected chi connectivity index (χ0v) is 26.4. The fourth-order valence-corrected chi connectivity index (χ4v) is 5.63. The summed E-state index contributed by atoms with van der Waals surface area (Å²) in [7, 11) is -5.29. The molecule has 20 nitrogen and oxygen atoms in total. The number of phenols is 1. The van der Waals surface area contributed by atoms with Gasteiger partial charge in [0.25, 0.3) is 0 Å². The van der Waals surface area contributed by atoms with E-state index in [1.54, 1.807) is 6.26 Å². The highest BCUT2D eigenvalue weighted by Crippen LogP contribution is 2.47. The predicted octanol–water partition coefficient (Wildman–Crippen LogP) is -5.00. The zero-order chi connectivity index (χ0) is 35.6. The van der Waals surface area contributed by atoms with Crippen LogP contribution in [0.2, 0.25) is 0 Å². The van der Waals surface area contributed by atoms with Crippen LogP contribution in [0, 0.1) is 0 Å². The smallest absolute Gasteiger partial charge is 0.472 e. The quantitative estimate of drug-likeness (QED) is 0.0672. The topological polar surface area (TPSA) is 348 Å². The lowest BCUT2D eigenvalue weighted by molar-refractivity contribution is -0.220. The van der Waals surface area contributed by atoms with Crippen molar-refractivity contribution in [2.24, 2.45) is 5.73 Å². The number of carbonyl (C=O) groups excluding carboxylic acids is 3. The molecule has 1 aliphatic rings. The molecule has 11 atom stereocenters. The number of amides is 3. The van der Waals surface area contributed by atoms with Crippen molar-refractivity contribution in [2.45, 2.75) is 67.2 Å². The van der Waals surface area contributed by atoms with Gasteiger partial charge in [0.05, 0.1) is 13.2 Å². The molecule has 22 heteroatoms. The standard InChI is InChI=1S/C25H39N4O16PS/c1-47-7-6-13(25(40)41)27-23(38)14(8-30)28-24(39)15(10-2-4-11(31)5-3-10)29-22(37)12(26)9-44-46(42,43)45-21-19(35)17(33)16(32)18(34)20(21)36/h2-5,12-21,30-36H,6-9,26H2,1H3,(H,27,38)(H,28,39)(H,29,37)(H,40,41)(H,42,43)/t12-,13-,14-,15-,16?,17-,18+,19+,20+,21?/m0/s1. The number of phosphoric acid groups is 1. The van der Waals surface area contributed by atoms with E-state index in [1.165, 1.54) is 23.9 Å². The van der Waals surface area contributed by atoms with E-state index in [1.807, 2.05) is 0 Å². The van der Waals surface area contributed by atoms with Crippen LogP contribution in [-0.2, 0) is 32.8 Å². The Balaban J connectivity index is 2.13. The molecule has 1 aliphatic carbocycles. The molecule has 0 spiro atoms. The summed E-state index contributed by atoms with van der Waals surface area (Å²) in [5.41, 5.74) is 5.78. The first-order valence-corrected chi connectivity index (χ1v) is 16.7. The van der Waals surface area contributed by atoms with Crippen molar-refractivity contribution in [2.75, 3.05) is 25.2 Å². The van der Waals surface area contributed by atoms with Crippen LogP contribution in [0.1, 0.15) is 18.0 Å². The van der Waals surface area contributed by atoms with Crippen molar-refractivity contribution in [3.63, 3.8) is 0 Å². The van der Waals surface area contributed by atoms with Gasteiger partial charge in [0.1, 0.15) is 66.5 Å². The molecule has 0 saturated heterocycles. The molecule has 47 heavy (non-hydrogen) atoms. The van der Waals surface area contributed by atoms with Crippen LogP contribution in [0.25, 0.3) is 0 Å². The van der Waals surface area contributed by atoms with E-state index in [0.29, 0.717) is 5.75 Å². The van der Waals surface area contributed by atoms with Gasteiger partial charge in [-0.15, -0.1) is 0 Å². The lowest BCUT2D eigenvalue weighted by Crippen LogP contribution is -2.64. The van der Waals surface area contributed by atoms with Gasteiger partial charge < -0.3 is 67.4 Å². The Morgan fingerprint density at radius 2 is 1.43 bits per heavy atom. The van der Waals surface area contributed by atoms with Crippen molar-refractivity contribution in [3.05, 3.63) is 29.8 Å². The van der Waals surface area contributed by atoms with Crippen LogP contribution in [0.3, 0.4) is 0 Å². The van der Waals surface area contributed by atoms with E-state index in [2.05, 4.69) is 25.0 Å². The van der Waals surface area contributed by atoms with Crippen molar-refractivity contribution in [1.29, 1.82) is 0 Å². The van der Waals surface area contributed by atoms with Gasteiger partial charge >= 0.3 is 13.8 Å². The Morgan fingerprint density at radius 3 is 1.94 bits per heavy atom. The number of carboxylic acids is 1. The highest BCUT2D eigenvalue weighted by molar-refractivity contribution is 7.98. The van der Waals surface area contributed by atoms with Gasteiger partial charge in [-0.25, -0.2) is 9.36 Å². The normalized spacial score (nSPS) is 26.6. The molecule has 3 unspecified atom stereocenters. The first-order valence-electron chi connectivity index (χ1n) is 13.8. The molecule has 1 fully saturated rings. The van der Waals surface area contributed by atoms with Gasteiger partial charge in [0.15, 0.2) is 0 Å². The van der Waals surface area contributed by atoms with Crippen LogP contribution >= 0.6 is 19.6 Å². The van der Waals surface area contributed by atoms with Crippen LogP contribution in [0.5, 0.6) is 5.75 Å².